The smallest absolute Gasteiger partial charge is 0.226 e. The second-order valence-corrected chi connectivity index (χ2v) is 13.2. The maximum Gasteiger partial charge on any atom is 0.226 e. The van der Waals surface area contributed by atoms with Crippen LogP contribution in [0.4, 0.5) is 5.69 Å². The largest absolute Gasteiger partial charge is 0.370 e. The minimum absolute atomic E-state index is 0.00229. The Balaban J connectivity index is 1.25. The quantitative estimate of drug-likeness (QED) is 0.304. The van der Waals surface area contributed by atoms with Crippen LogP contribution in [0.15, 0.2) is 42.5 Å². The Hall–Kier alpha value is -3.72. The van der Waals surface area contributed by atoms with Crippen LogP contribution >= 0.6 is 0 Å². The molecular formula is C34H44N6O3. The van der Waals surface area contributed by atoms with Gasteiger partial charge >= 0.3 is 0 Å². The average Bonchev–Trinajstić information content (AvgIpc) is 2.99. The lowest BCUT2D eigenvalue weighted by atomic mass is 9.57. The van der Waals surface area contributed by atoms with Gasteiger partial charge in [-0.25, -0.2) is 0 Å². The molecule has 4 aliphatic rings. The third-order valence-corrected chi connectivity index (χ3v) is 10.4. The molecule has 3 heterocycles. The van der Waals surface area contributed by atoms with Crippen molar-refractivity contribution in [3.8, 4) is 0 Å². The highest BCUT2D eigenvalue weighted by molar-refractivity contribution is 5.95. The Labute approximate surface area is 254 Å². The summed E-state index contributed by atoms with van der Waals surface area (Å²) in [5.41, 5.74) is 10.7. The highest BCUT2D eigenvalue weighted by Crippen LogP contribution is 2.54. The van der Waals surface area contributed by atoms with Gasteiger partial charge in [0.05, 0.1) is 0 Å². The maximum atomic E-state index is 14.2. The number of piperazine rings is 1. The molecule has 2 aromatic carbocycles. The van der Waals surface area contributed by atoms with E-state index in [4.69, 9.17) is 11.1 Å². The van der Waals surface area contributed by atoms with Crippen molar-refractivity contribution in [1.82, 2.24) is 14.7 Å². The molecule has 1 atom stereocenters. The molecule has 1 spiro atoms. The molecule has 3 fully saturated rings. The van der Waals surface area contributed by atoms with Crippen LogP contribution in [0.5, 0.6) is 0 Å². The summed E-state index contributed by atoms with van der Waals surface area (Å²) in [7, 11) is 2.15. The first-order chi connectivity index (χ1) is 20.6. The summed E-state index contributed by atoms with van der Waals surface area (Å²) in [5, 5.41) is 7.75. The number of benzene rings is 2. The number of guanidine groups is 1. The second kappa shape index (κ2) is 11.8. The highest BCUT2D eigenvalue weighted by atomic mass is 16.2. The maximum absolute atomic E-state index is 14.2. The molecule has 1 amide bonds. The van der Waals surface area contributed by atoms with Gasteiger partial charge in [-0.15, -0.1) is 0 Å². The molecule has 2 aromatic rings. The number of piperidine rings is 1. The molecule has 228 valence electrons. The van der Waals surface area contributed by atoms with Gasteiger partial charge in [-0.1, -0.05) is 36.4 Å². The molecule has 0 unspecified atom stereocenters. The number of carbonyl (C=O) groups is 3. The van der Waals surface area contributed by atoms with Gasteiger partial charge in [-0.2, -0.15) is 0 Å². The fraction of sp³-hybridized carbons (Fsp3) is 0.529. The molecule has 3 N–H and O–H groups in total. The first kappa shape index (κ1) is 29.4. The predicted octanol–water partition coefficient (Wildman–Crippen LogP) is 3.26. The second-order valence-electron chi connectivity index (χ2n) is 13.2. The summed E-state index contributed by atoms with van der Waals surface area (Å²) in [6, 6.07) is 12.9. The van der Waals surface area contributed by atoms with E-state index in [9.17, 15) is 14.4 Å². The molecule has 0 aromatic heterocycles. The summed E-state index contributed by atoms with van der Waals surface area (Å²) < 4.78 is 0. The SMILES string of the molecule is CC(=O)c1ccc(CC(=O)[C@@H]2c3cccc(N4CCN(C)CC4)c3CCN2C(=O)C2CC3(CCN(C(=N)N)CC3)C2)cc1. The molecule has 1 saturated carbocycles. The van der Waals surface area contributed by atoms with Gasteiger partial charge in [0.2, 0.25) is 5.91 Å². The van der Waals surface area contributed by atoms with E-state index in [1.54, 1.807) is 12.1 Å². The number of rotatable bonds is 6. The monoisotopic (exact) mass is 584 g/mol. The van der Waals surface area contributed by atoms with Crippen molar-refractivity contribution < 1.29 is 14.4 Å². The number of amides is 1. The molecule has 0 radical (unpaired) electrons. The molecule has 43 heavy (non-hydrogen) atoms. The van der Waals surface area contributed by atoms with Gasteiger partial charge in [-0.05, 0) is 74.2 Å². The van der Waals surface area contributed by atoms with E-state index in [0.29, 0.717) is 12.1 Å². The Morgan fingerprint density at radius 1 is 0.930 bits per heavy atom. The number of anilines is 1. The fourth-order valence-electron chi connectivity index (χ4n) is 7.76. The number of nitrogens with two attached hydrogens (primary N) is 1. The third kappa shape index (κ3) is 5.79. The molecule has 6 rings (SSSR count). The van der Waals surface area contributed by atoms with E-state index < -0.39 is 6.04 Å². The zero-order chi connectivity index (χ0) is 30.3. The van der Waals surface area contributed by atoms with Gasteiger partial charge in [0.15, 0.2) is 17.5 Å². The zero-order valence-electron chi connectivity index (χ0n) is 25.5. The molecule has 2 saturated heterocycles. The van der Waals surface area contributed by atoms with Crippen LogP contribution in [0.2, 0.25) is 0 Å². The lowest BCUT2D eigenvalue weighted by Crippen LogP contribution is -2.55. The van der Waals surface area contributed by atoms with E-state index >= 15 is 0 Å². The van der Waals surface area contributed by atoms with Crippen LogP contribution < -0.4 is 10.6 Å². The fourth-order valence-corrected chi connectivity index (χ4v) is 7.76. The standard InChI is InChI=1S/C34H44N6O3/c1-23(41)25-8-6-24(7-9-25)20-30(42)31-28-4-3-5-29(38-18-16-37(2)17-19-38)27(28)10-13-40(31)32(43)26-21-34(22-26)11-14-39(15-12-34)33(35)36/h3-9,26,31H,10-22H2,1-2H3,(H3,35,36)/t31-/m0/s1. The first-order valence-electron chi connectivity index (χ1n) is 15.7. The summed E-state index contributed by atoms with van der Waals surface area (Å²) >= 11 is 0. The Kier molecular flexibility index (Phi) is 8.02. The normalized spacial score (nSPS) is 22.2. The van der Waals surface area contributed by atoms with Crippen molar-refractivity contribution in [3.05, 3.63) is 64.7 Å². The zero-order valence-corrected chi connectivity index (χ0v) is 25.5. The molecule has 9 nitrogen and oxygen atoms in total. The number of Topliss-reactive ketones (excluding diaryl/α,β-unsaturated/α-hetero) is 2. The minimum Gasteiger partial charge on any atom is -0.370 e. The Bertz CT molecular complexity index is 1400. The molecule has 1 aliphatic carbocycles. The molecule has 9 heteroatoms. The van der Waals surface area contributed by atoms with Crippen molar-refractivity contribution >= 4 is 29.1 Å². The van der Waals surface area contributed by atoms with E-state index in [0.717, 1.165) is 82.5 Å². The number of fused-ring (bicyclic) bond motifs is 1. The van der Waals surface area contributed by atoms with Gasteiger partial charge in [0.25, 0.3) is 0 Å². The third-order valence-electron chi connectivity index (χ3n) is 10.4. The van der Waals surface area contributed by atoms with Crippen LogP contribution in [0.3, 0.4) is 0 Å². The Morgan fingerprint density at radius 3 is 2.23 bits per heavy atom. The van der Waals surface area contributed by atoms with Crippen molar-refractivity contribution in [3.63, 3.8) is 0 Å². The van der Waals surface area contributed by atoms with Crippen molar-refractivity contribution in [2.24, 2.45) is 17.1 Å². The highest BCUT2D eigenvalue weighted by Gasteiger charge is 2.51. The van der Waals surface area contributed by atoms with Crippen molar-refractivity contribution in [2.75, 3.05) is 57.8 Å². The van der Waals surface area contributed by atoms with E-state index in [2.05, 4.69) is 29.0 Å². The van der Waals surface area contributed by atoms with Crippen molar-refractivity contribution in [2.45, 2.75) is 51.5 Å². The number of hydrogen-bond acceptors (Lipinski definition) is 6. The number of nitrogens with zero attached hydrogens (tertiary/aromatic N) is 4. The Morgan fingerprint density at radius 2 is 1.60 bits per heavy atom. The molecule has 0 bridgehead atoms. The molecule has 3 aliphatic heterocycles. The summed E-state index contributed by atoms with van der Waals surface area (Å²) in [4.78, 5) is 48.7. The number of nitrogens with one attached hydrogen (secondary N) is 1. The number of likely N-dealkylation sites (tertiary alicyclic amines) is 1. The van der Waals surface area contributed by atoms with E-state index in [-0.39, 0.29) is 41.2 Å². The van der Waals surface area contributed by atoms with Crippen LogP contribution in [-0.2, 0) is 22.4 Å². The van der Waals surface area contributed by atoms with Gasteiger partial charge < -0.3 is 25.3 Å². The van der Waals surface area contributed by atoms with Gasteiger partial charge in [0, 0.05) is 69.4 Å². The molecular weight excluding hydrogens is 540 g/mol. The van der Waals surface area contributed by atoms with Crippen molar-refractivity contribution in [1.29, 1.82) is 5.41 Å². The predicted molar refractivity (Wildman–Crippen MR) is 167 cm³/mol. The number of hydrogen-bond donors (Lipinski definition) is 2. The number of carbonyl (C=O) groups excluding carboxylic acids is 3. The topological polar surface area (TPSA) is 114 Å². The van der Waals surface area contributed by atoms with E-state index in [1.807, 2.05) is 28.0 Å². The summed E-state index contributed by atoms with van der Waals surface area (Å²) in [6.45, 7) is 7.51. The number of ketones is 2. The van der Waals surface area contributed by atoms with Crippen LogP contribution in [0.1, 0.15) is 65.7 Å². The van der Waals surface area contributed by atoms with E-state index in [1.165, 1.54) is 18.2 Å². The summed E-state index contributed by atoms with van der Waals surface area (Å²) in [5.74, 6) is 0.167. The van der Waals surface area contributed by atoms with Crippen LogP contribution in [0.25, 0.3) is 0 Å². The lowest BCUT2D eigenvalue weighted by molar-refractivity contribution is -0.151. The van der Waals surface area contributed by atoms with Crippen LogP contribution in [0, 0.1) is 16.7 Å². The summed E-state index contributed by atoms with van der Waals surface area (Å²) in [6.07, 6.45) is 4.54. The first-order valence-corrected chi connectivity index (χ1v) is 15.7. The minimum atomic E-state index is -0.618. The van der Waals surface area contributed by atoms with Crippen LogP contribution in [-0.4, -0.2) is 91.0 Å². The lowest BCUT2D eigenvalue weighted by Gasteiger charge is -2.53. The van der Waals surface area contributed by atoms with Gasteiger partial charge in [-0.3, -0.25) is 19.8 Å². The average molecular weight is 585 g/mol. The number of likely N-dealkylation sites (N-methyl/N-ethyl adjacent to an activating group) is 1. The van der Waals surface area contributed by atoms with Gasteiger partial charge in [0.1, 0.15) is 6.04 Å².